The molecule has 0 aliphatic heterocycles. The van der Waals surface area contributed by atoms with Gasteiger partial charge in [-0.2, -0.15) is 0 Å². The number of nitrogens with zero attached hydrogens (tertiary/aromatic N) is 1. The first-order valence-corrected chi connectivity index (χ1v) is 14.1. The van der Waals surface area contributed by atoms with Gasteiger partial charge in [0.05, 0.1) is 20.1 Å². The number of hydrogen-bond donors (Lipinski definition) is 1. The second kappa shape index (κ2) is 21.9. The lowest BCUT2D eigenvalue weighted by molar-refractivity contribution is -0.922. The normalized spacial score (nSPS) is 13.1. The molecule has 0 bridgehead atoms. The summed E-state index contributed by atoms with van der Waals surface area (Å²) in [6.07, 6.45) is 22.7. The number of rotatable bonds is 22. The Morgan fingerprint density at radius 1 is 0.636 bits per heavy atom. The summed E-state index contributed by atoms with van der Waals surface area (Å²) >= 11 is 0. The van der Waals surface area contributed by atoms with Gasteiger partial charge in [0, 0.05) is 12.0 Å². The van der Waals surface area contributed by atoms with Crippen molar-refractivity contribution < 1.29 is 16.9 Å². The van der Waals surface area contributed by atoms with Crippen molar-refractivity contribution >= 4 is 0 Å². The van der Waals surface area contributed by atoms with Crippen LogP contribution in [0, 0.1) is 5.92 Å². The molecule has 0 saturated carbocycles. The summed E-state index contributed by atoms with van der Waals surface area (Å²) < 4.78 is 1.14. The highest BCUT2D eigenvalue weighted by Gasteiger charge is 2.21. The highest BCUT2D eigenvalue weighted by atomic mass is 35.5. The third-order valence-electron chi connectivity index (χ3n) is 7.04. The fourth-order valence-electron chi connectivity index (χ4n) is 4.93. The smallest absolute Gasteiger partial charge is 0.104 e. The summed E-state index contributed by atoms with van der Waals surface area (Å²) in [5.41, 5.74) is 7.27. The maximum Gasteiger partial charge on any atom is 0.104 e. The molecule has 1 aromatic carbocycles. The van der Waals surface area contributed by atoms with Crippen molar-refractivity contribution in [3.05, 3.63) is 35.9 Å². The molecule has 0 amide bonds. The molecule has 0 saturated heterocycles. The van der Waals surface area contributed by atoms with Gasteiger partial charge in [0.1, 0.15) is 6.54 Å². The number of unbranched alkanes of at least 4 members (excludes halogenated alkanes) is 13. The van der Waals surface area contributed by atoms with Crippen molar-refractivity contribution in [2.45, 2.75) is 123 Å². The average molecular weight is 481 g/mol. The third-order valence-corrected chi connectivity index (χ3v) is 7.04. The highest BCUT2D eigenvalue weighted by molar-refractivity contribution is 5.13. The summed E-state index contributed by atoms with van der Waals surface area (Å²) in [7, 11) is 2.42. The molecule has 0 aliphatic carbocycles. The van der Waals surface area contributed by atoms with Gasteiger partial charge < -0.3 is 22.6 Å². The topological polar surface area (TPSA) is 26.0 Å². The van der Waals surface area contributed by atoms with Gasteiger partial charge in [-0.05, 0) is 25.3 Å². The number of nitrogens with two attached hydrogens (primary N) is 1. The fraction of sp³-hybridized carbons (Fsp3) is 0.800. The first-order chi connectivity index (χ1) is 15.6. The Kier molecular flexibility index (Phi) is 21.6. The van der Waals surface area contributed by atoms with E-state index in [0.717, 1.165) is 29.9 Å². The molecular formula is C30H57ClN2. The van der Waals surface area contributed by atoms with Gasteiger partial charge in [-0.1, -0.05) is 128 Å². The number of quaternary nitrogens is 1. The Labute approximate surface area is 214 Å². The second-order valence-corrected chi connectivity index (χ2v) is 11.0. The van der Waals surface area contributed by atoms with E-state index in [2.05, 4.69) is 51.2 Å². The van der Waals surface area contributed by atoms with Gasteiger partial charge in [0.25, 0.3) is 0 Å². The molecule has 0 fully saturated rings. The zero-order valence-electron chi connectivity index (χ0n) is 22.5. The van der Waals surface area contributed by atoms with Crippen molar-refractivity contribution in [2.75, 3.05) is 26.7 Å². The summed E-state index contributed by atoms with van der Waals surface area (Å²) in [6, 6.07) is 11.0. The number of halogens is 1. The van der Waals surface area contributed by atoms with Crippen LogP contribution in [0.5, 0.6) is 0 Å². The lowest BCUT2D eigenvalue weighted by Gasteiger charge is -2.35. The molecule has 0 aliphatic rings. The van der Waals surface area contributed by atoms with E-state index in [1.165, 1.54) is 115 Å². The lowest BCUT2D eigenvalue weighted by atomic mass is 10.0. The third kappa shape index (κ3) is 19.4. The molecule has 1 rings (SSSR count). The minimum Gasteiger partial charge on any atom is -1.00 e. The quantitative estimate of drug-likeness (QED) is 0.172. The van der Waals surface area contributed by atoms with Gasteiger partial charge in [0.2, 0.25) is 0 Å². The van der Waals surface area contributed by atoms with Gasteiger partial charge in [-0.25, -0.2) is 0 Å². The zero-order valence-corrected chi connectivity index (χ0v) is 23.3. The van der Waals surface area contributed by atoms with Crippen molar-refractivity contribution in [1.29, 1.82) is 0 Å². The predicted octanol–water partition coefficient (Wildman–Crippen LogP) is 5.49. The van der Waals surface area contributed by atoms with Crippen LogP contribution in [0.1, 0.15) is 122 Å². The molecule has 0 radical (unpaired) electrons. The van der Waals surface area contributed by atoms with Crippen molar-refractivity contribution in [3.8, 4) is 0 Å². The number of benzene rings is 1. The van der Waals surface area contributed by atoms with Crippen LogP contribution in [0.15, 0.2) is 30.3 Å². The van der Waals surface area contributed by atoms with E-state index in [9.17, 15) is 0 Å². The Hall–Kier alpha value is -0.570. The van der Waals surface area contributed by atoms with Crippen LogP contribution < -0.4 is 18.1 Å². The minimum atomic E-state index is 0. The number of hydrogen-bond acceptors (Lipinski definition) is 1. The minimum absolute atomic E-state index is 0. The predicted molar refractivity (Wildman–Crippen MR) is 144 cm³/mol. The van der Waals surface area contributed by atoms with Crippen molar-refractivity contribution in [1.82, 2.24) is 0 Å². The average Bonchev–Trinajstić information content (AvgIpc) is 2.78. The largest absolute Gasteiger partial charge is 1.00 e. The maximum atomic E-state index is 5.81. The van der Waals surface area contributed by atoms with Gasteiger partial charge in [0.15, 0.2) is 0 Å². The van der Waals surface area contributed by atoms with Crippen LogP contribution in [0.4, 0.5) is 0 Å². The molecule has 194 valence electrons. The molecule has 0 spiro atoms. The van der Waals surface area contributed by atoms with Crippen molar-refractivity contribution in [3.63, 3.8) is 0 Å². The highest BCUT2D eigenvalue weighted by Crippen LogP contribution is 2.17. The molecule has 3 heteroatoms. The van der Waals surface area contributed by atoms with E-state index < -0.39 is 0 Å². The van der Waals surface area contributed by atoms with Crippen LogP contribution >= 0.6 is 0 Å². The Bertz CT molecular complexity index is 519. The molecular weight excluding hydrogens is 424 g/mol. The molecule has 33 heavy (non-hydrogen) atoms. The summed E-state index contributed by atoms with van der Waals surface area (Å²) in [4.78, 5) is 0. The fourth-order valence-corrected chi connectivity index (χ4v) is 4.93. The van der Waals surface area contributed by atoms with Crippen LogP contribution in [-0.2, 0) is 6.54 Å². The van der Waals surface area contributed by atoms with E-state index in [0.29, 0.717) is 0 Å². The summed E-state index contributed by atoms with van der Waals surface area (Å²) in [6.45, 7) is 9.11. The summed E-state index contributed by atoms with van der Waals surface area (Å²) in [5.74, 6) is 0.885. The second-order valence-electron chi connectivity index (χ2n) is 11.0. The van der Waals surface area contributed by atoms with Crippen LogP contribution in [0.25, 0.3) is 0 Å². The van der Waals surface area contributed by atoms with E-state index in [1.807, 2.05) is 0 Å². The monoisotopic (exact) mass is 480 g/mol. The van der Waals surface area contributed by atoms with E-state index in [-0.39, 0.29) is 12.4 Å². The Morgan fingerprint density at radius 3 is 1.52 bits per heavy atom. The SMILES string of the molecule is CC(C)CCCCCCCCCCCCCCCC[N+](C)(CCCN)Cc1ccccc1.[Cl-]. The molecule has 0 heterocycles. The van der Waals surface area contributed by atoms with E-state index in [4.69, 9.17) is 5.73 Å². The zero-order chi connectivity index (χ0) is 23.3. The van der Waals surface area contributed by atoms with Gasteiger partial charge in [-0.15, -0.1) is 0 Å². The summed E-state index contributed by atoms with van der Waals surface area (Å²) in [5, 5.41) is 0. The molecule has 1 aromatic rings. The molecule has 1 unspecified atom stereocenters. The van der Waals surface area contributed by atoms with E-state index >= 15 is 0 Å². The Morgan fingerprint density at radius 2 is 1.06 bits per heavy atom. The Balaban J connectivity index is 0.0000102. The van der Waals surface area contributed by atoms with Crippen LogP contribution in [0.2, 0.25) is 0 Å². The molecule has 2 nitrogen and oxygen atoms in total. The van der Waals surface area contributed by atoms with Crippen LogP contribution in [0.3, 0.4) is 0 Å². The van der Waals surface area contributed by atoms with E-state index in [1.54, 1.807) is 0 Å². The maximum absolute atomic E-state index is 5.81. The molecule has 1 atom stereocenters. The van der Waals surface area contributed by atoms with Gasteiger partial charge in [-0.3, -0.25) is 0 Å². The van der Waals surface area contributed by atoms with Crippen LogP contribution in [-0.4, -0.2) is 31.2 Å². The standard InChI is InChI=1S/C30H57N2.ClH/c1-29(2)22-17-14-12-10-8-6-4-5-7-9-11-13-15-20-26-32(3,27-21-25-31)28-30-23-18-16-19-24-30;/h16,18-19,23-24,29H,4-15,17,20-22,25-28,31H2,1-3H3;1H/q+1;/p-1. The lowest BCUT2D eigenvalue weighted by Crippen LogP contribution is -3.00. The molecule has 2 N–H and O–H groups in total. The first-order valence-electron chi connectivity index (χ1n) is 14.1. The van der Waals surface area contributed by atoms with Crippen molar-refractivity contribution in [2.24, 2.45) is 11.7 Å². The first kappa shape index (κ1) is 32.4. The van der Waals surface area contributed by atoms with Gasteiger partial charge >= 0.3 is 0 Å². The molecule has 0 aromatic heterocycles.